The topological polar surface area (TPSA) is 15.3 Å². The minimum absolute atomic E-state index is 0.349. The Morgan fingerprint density at radius 2 is 1.82 bits per heavy atom. The van der Waals surface area contributed by atoms with Crippen LogP contribution in [0.3, 0.4) is 0 Å². The summed E-state index contributed by atoms with van der Waals surface area (Å²) in [5, 5.41) is 3.75. The summed E-state index contributed by atoms with van der Waals surface area (Å²) < 4.78 is 0. The summed E-state index contributed by atoms with van der Waals surface area (Å²) in [7, 11) is 0. The van der Waals surface area contributed by atoms with Crippen molar-refractivity contribution < 1.29 is 0 Å². The van der Waals surface area contributed by atoms with Gasteiger partial charge in [0.25, 0.3) is 0 Å². The van der Waals surface area contributed by atoms with Crippen LogP contribution in [0.15, 0.2) is 0 Å². The van der Waals surface area contributed by atoms with E-state index in [1.807, 2.05) is 0 Å². The molecule has 0 saturated carbocycles. The van der Waals surface area contributed by atoms with Gasteiger partial charge in [0.2, 0.25) is 0 Å². The van der Waals surface area contributed by atoms with Crippen LogP contribution in [0.25, 0.3) is 0 Å². The molecule has 0 spiro atoms. The maximum absolute atomic E-state index is 3.75. The molecule has 2 atom stereocenters. The molecule has 1 fully saturated rings. The first-order valence-corrected chi connectivity index (χ1v) is 7.48. The summed E-state index contributed by atoms with van der Waals surface area (Å²) in [5.41, 5.74) is 0.349. The molecule has 1 aliphatic rings. The Labute approximate surface area is 108 Å². The largest absolute Gasteiger partial charge is 0.311 e. The van der Waals surface area contributed by atoms with Crippen molar-refractivity contribution in [2.24, 2.45) is 5.92 Å². The van der Waals surface area contributed by atoms with Crippen LogP contribution in [-0.2, 0) is 0 Å². The van der Waals surface area contributed by atoms with E-state index in [0.717, 1.165) is 18.5 Å². The molecule has 102 valence electrons. The highest BCUT2D eigenvalue weighted by molar-refractivity contribution is 4.98. The summed E-state index contributed by atoms with van der Waals surface area (Å²) >= 11 is 0. The summed E-state index contributed by atoms with van der Waals surface area (Å²) in [5.74, 6) is 0.730. The molecule has 1 aliphatic heterocycles. The molecule has 0 aromatic carbocycles. The first kappa shape index (κ1) is 15.0. The van der Waals surface area contributed by atoms with Gasteiger partial charge in [-0.1, -0.05) is 34.6 Å². The van der Waals surface area contributed by atoms with Crippen molar-refractivity contribution in [1.82, 2.24) is 10.2 Å². The van der Waals surface area contributed by atoms with E-state index in [2.05, 4.69) is 51.8 Å². The molecule has 0 aromatic rings. The molecule has 1 rings (SSSR count). The summed E-state index contributed by atoms with van der Waals surface area (Å²) in [4.78, 5) is 2.79. The van der Waals surface area contributed by atoms with Gasteiger partial charge in [0, 0.05) is 30.7 Å². The lowest BCUT2D eigenvalue weighted by Gasteiger charge is -2.52. The Hall–Kier alpha value is -0.0800. The van der Waals surface area contributed by atoms with Gasteiger partial charge in [0.15, 0.2) is 0 Å². The molecular formula is C15H32N2. The highest BCUT2D eigenvalue weighted by Crippen LogP contribution is 2.29. The maximum Gasteiger partial charge on any atom is 0.0306 e. The summed E-state index contributed by atoms with van der Waals surface area (Å²) in [6.07, 6.45) is 3.79. The zero-order valence-corrected chi connectivity index (χ0v) is 12.7. The molecule has 1 N–H and O–H groups in total. The zero-order valence-electron chi connectivity index (χ0n) is 12.7. The molecule has 2 unspecified atom stereocenters. The molecule has 2 nitrogen and oxygen atoms in total. The minimum atomic E-state index is 0.349. The molecule has 0 bridgehead atoms. The predicted molar refractivity (Wildman–Crippen MR) is 76.4 cm³/mol. The van der Waals surface area contributed by atoms with E-state index in [1.54, 1.807) is 0 Å². The van der Waals surface area contributed by atoms with Gasteiger partial charge in [-0.25, -0.2) is 0 Å². The van der Waals surface area contributed by atoms with E-state index in [1.165, 1.54) is 25.8 Å². The van der Waals surface area contributed by atoms with Crippen molar-refractivity contribution in [3.63, 3.8) is 0 Å². The van der Waals surface area contributed by atoms with Crippen molar-refractivity contribution in [1.29, 1.82) is 0 Å². The van der Waals surface area contributed by atoms with Gasteiger partial charge >= 0.3 is 0 Å². The average molecular weight is 240 g/mol. The number of piperazine rings is 1. The van der Waals surface area contributed by atoms with E-state index in [9.17, 15) is 0 Å². The fourth-order valence-corrected chi connectivity index (χ4v) is 3.04. The highest BCUT2D eigenvalue weighted by atomic mass is 15.3. The standard InChI is InChI=1S/C15H32N2/c1-7-13(8-2)17-10-14(12(4)5)16-11-15(17,6)9-3/h12-14,16H,7-11H2,1-6H3. The zero-order chi connectivity index (χ0) is 13.1. The predicted octanol–water partition coefficient (Wildman–Crippen LogP) is 3.27. The summed E-state index contributed by atoms with van der Waals surface area (Å²) in [6, 6.07) is 1.42. The van der Waals surface area contributed by atoms with Crippen LogP contribution < -0.4 is 5.32 Å². The monoisotopic (exact) mass is 240 g/mol. The second kappa shape index (κ2) is 6.19. The van der Waals surface area contributed by atoms with Crippen LogP contribution >= 0.6 is 0 Å². The number of nitrogens with one attached hydrogen (secondary N) is 1. The smallest absolute Gasteiger partial charge is 0.0306 e. The lowest BCUT2D eigenvalue weighted by Crippen LogP contribution is -2.66. The third kappa shape index (κ3) is 3.23. The number of nitrogens with zero attached hydrogens (tertiary/aromatic N) is 1. The third-order valence-corrected chi connectivity index (χ3v) is 4.78. The number of hydrogen-bond donors (Lipinski definition) is 1. The third-order valence-electron chi connectivity index (χ3n) is 4.78. The van der Waals surface area contributed by atoms with E-state index >= 15 is 0 Å². The van der Waals surface area contributed by atoms with Crippen LogP contribution in [-0.4, -0.2) is 35.6 Å². The van der Waals surface area contributed by atoms with Gasteiger partial charge in [-0.3, -0.25) is 4.90 Å². The van der Waals surface area contributed by atoms with Crippen molar-refractivity contribution in [2.75, 3.05) is 13.1 Å². The Morgan fingerprint density at radius 1 is 1.24 bits per heavy atom. The van der Waals surface area contributed by atoms with Crippen LogP contribution in [0.5, 0.6) is 0 Å². The first-order chi connectivity index (χ1) is 7.98. The van der Waals surface area contributed by atoms with Crippen LogP contribution in [0.2, 0.25) is 0 Å². The first-order valence-electron chi connectivity index (χ1n) is 7.48. The molecule has 0 aromatic heterocycles. The quantitative estimate of drug-likeness (QED) is 0.793. The Balaban J connectivity index is 2.83. The lowest BCUT2D eigenvalue weighted by atomic mass is 9.87. The maximum atomic E-state index is 3.75. The van der Waals surface area contributed by atoms with Crippen LogP contribution in [0, 0.1) is 5.92 Å². The summed E-state index contributed by atoms with van der Waals surface area (Å²) in [6.45, 7) is 16.4. The van der Waals surface area contributed by atoms with Gasteiger partial charge in [-0.2, -0.15) is 0 Å². The Kier molecular flexibility index (Phi) is 5.46. The molecule has 2 heteroatoms. The molecule has 0 radical (unpaired) electrons. The van der Waals surface area contributed by atoms with Crippen LogP contribution in [0.4, 0.5) is 0 Å². The number of hydrogen-bond acceptors (Lipinski definition) is 2. The van der Waals surface area contributed by atoms with E-state index in [0.29, 0.717) is 11.6 Å². The van der Waals surface area contributed by atoms with Gasteiger partial charge in [-0.05, 0) is 32.1 Å². The molecule has 0 aliphatic carbocycles. The van der Waals surface area contributed by atoms with E-state index in [4.69, 9.17) is 0 Å². The highest BCUT2D eigenvalue weighted by Gasteiger charge is 2.39. The molecular weight excluding hydrogens is 208 g/mol. The van der Waals surface area contributed by atoms with Gasteiger partial charge in [-0.15, -0.1) is 0 Å². The average Bonchev–Trinajstić information content (AvgIpc) is 2.32. The second-order valence-corrected chi connectivity index (χ2v) is 6.20. The number of rotatable bonds is 5. The van der Waals surface area contributed by atoms with Crippen molar-refractivity contribution in [3.8, 4) is 0 Å². The lowest BCUT2D eigenvalue weighted by molar-refractivity contribution is -0.000748. The fourth-order valence-electron chi connectivity index (χ4n) is 3.04. The van der Waals surface area contributed by atoms with Crippen molar-refractivity contribution >= 4 is 0 Å². The molecule has 1 saturated heterocycles. The van der Waals surface area contributed by atoms with Gasteiger partial charge in [0.05, 0.1) is 0 Å². The molecule has 17 heavy (non-hydrogen) atoms. The normalized spacial score (nSPS) is 31.4. The van der Waals surface area contributed by atoms with E-state index < -0.39 is 0 Å². The minimum Gasteiger partial charge on any atom is -0.311 e. The SMILES string of the molecule is CCC(CC)N1CC(C(C)C)NCC1(C)CC. The fraction of sp³-hybridized carbons (Fsp3) is 1.00. The molecule has 0 amide bonds. The second-order valence-electron chi connectivity index (χ2n) is 6.20. The molecule has 1 heterocycles. The van der Waals surface area contributed by atoms with Gasteiger partial charge < -0.3 is 5.32 Å². The van der Waals surface area contributed by atoms with Crippen molar-refractivity contribution in [3.05, 3.63) is 0 Å². The van der Waals surface area contributed by atoms with E-state index in [-0.39, 0.29) is 0 Å². The van der Waals surface area contributed by atoms with Crippen LogP contribution in [0.1, 0.15) is 60.8 Å². The van der Waals surface area contributed by atoms with Crippen molar-refractivity contribution in [2.45, 2.75) is 78.4 Å². The Morgan fingerprint density at radius 3 is 2.24 bits per heavy atom. The Bertz CT molecular complexity index is 223. The van der Waals surface area contributed by atoms with Gasteiger partial charge in [0.1, 0.15) is 0 Å².